The Kier molecular flexibility index (Phi) is 1.98. The molecule has 1 aliphatic heterocycles. The van der Waals surface area contributed by atoms with Gasteiger partial charge in [0, 0.05) is 18.7 Å². The highest BCUT2D eigenvalue weighted by Crippen LogP contribution is 2.38. The van der Waals surface area contributed by atoms with Crippen LogP contribution in [0.25, 0.3) is 0 Å². The van der Waals surface area contributed by atoms with Crippen molar-refractivity contribution in [2.75, 3.05) is 6.54 Å². The predicted molar refractivity (Wildman–Crippen MR) is 49.8 cm³/mol. The number of nitrogens with zero attached hydrogens (tertiary/aromatic N) is 1. The highest BCUT2D eigenvalue weighted by atomic mass is 14.9. The van der Waals surface area contributed by atoms with Gasteiger partial charge in [0.05, 0.1) is 0 Å². The van der Waals surface area contributed by atoms with Crippen LogP contribution in [0, 0.1) is 11.8 Å². The number of allylic oxidation sites excluding steroid dienone is 1. The van der Waals surface area contributed by atoms with Gasteiger partial charge in [0.1, 0.15) is 6.17 Å². The molecule has 3 heteroatoms. The molecule has 2 unspecified atom stereocenters. The summed E-state index contributed by atoms with van der Waals surface area (Å²) in [4.78, 5) is 4.23. The molecule has 1 aliphatic carbocycles. The van der Waals surface area contributed by atoms with Crippen LogP contribution in [-0.2, 0) is 0 Å². The van der Waals surface area contributed by atoms with Crippen molar-refractivity contribution in [2.45, 2.75) is 19.0 Å². The molecule has 1 saturated carbocycles. The number of nitrogens with two attached hydrogens (primary N) is 2. The van der Waals surface area contributed by atoms with Gasteiger partial charge in [-0.15, -0.1) is 0 Å². The van der Waals surface area contributed by atoms with E-state index in [1.807, 2.05) is 6.21 Å². The second-order valence-corrected chi connectivity index (χ2v) is 3.60. The maximum absolute atomic E-state index is 5.73. The Morgan fingerprint density at radius 3 is 2.83 bits per heavy atom. The Morgan fingerprint density at radius 1 is 1.50 bits per heavy atom. The molecule has 0 aromatic carbocycles. The number of aliphatic imine (C=N–C) groups is 1. The Balaban J connectivity index is 2.09. The largest absolute Gasteiger partial charge is 0.327 e. The molecule has 12 heavy (non-hydrogen) atoms. The molecule has 0 bridgehead atoms. The third-order valence-electron chi connectivity index (χ3n) is 2.61. The summed E-state index contributed by atoms with van der Waals surface area (Å²) in [5.74, 6) is 1.34. The fourth-order valence-electron chi connectivity index (χ4n) is 1.60. The van der Waals surface area contributed by atoms with E-state index in [0.717, 1.165) is 11.5 Å². The van der Waals surface area contributed by atoms with Crippen LogP contribution in [0.15, 0.2) is 16.6 Å². The van der Waals surface area contributed by atoms with Crippen molar-refractivity contribution >= 4 is 6.21 Å². The average Bonchev–Trinajstić information content (AvgIpc) is 2.88. The van der Waals surface area contributed by atoms with Gasteiger partial charge >= 0.3 is 0 Å². The molecule has 2 atom stereocenters. The minimum absolute atomic E-state index is 0.176. The maximum Gasteiger partial charge on any atom is 0.119 e. The van der Waals surface area contributed by atoms with Crippen LogP contribution >= 0.6 is 0 Å². The lowest BCUT2D eigenvalue weighted by molar-refractivity contribution is 0.679. The van der Waals surface area contributed by atoms with Crippen molar-refractivity contribution < 1.29 is 0 Å². The molecule has 3 nitrogen and oxygen atoms in total. The van der Waals surface area contributed by atoms with Crippen molar-refractivity contribution in [1.82, 2.24) is 0 Å². The maximum atomic E-state index is 5.73. The lowest BCUT2D eigenvalue weighted by Gasteiger charge is -2.18. The highest BCUT2D eigenvalue weighted by molar-refractivity contribution is 5.67. The first kappa shape index (κ1) is 7.95. The first-order valence-corrected chi connectivity index (χ1v) is 4.51. The average molecular weight is 165 g/mol. The van der Waals surface area contributed by atoms with E-state index in [2.05, 4.69) is 11.1 Å². The fourth-order valence-corrected chi connectivity index (χ4v) is 1.60. The molecule has 1 heterocycles. The van der Waals surface area contributed by atoms with Gasteiger partial charge in [0.25, 0.3) is 0 Å². The second kappa shape index (κ2) is 2.99. The second-order valence-electron chi connectivity index (χ2n) is 3.60. The molecule has 0 saturated heterocycles. The van der Waals surface area contributed by atoms with Gasteiger partial charge in [0.15, 0.2) is 0 Å². The minimum Gasteiger partial charge on any atom is -0.327 e. The SMILES string of the molecule is NCC1=CC(C2CC2)C=NC1N. The summed E-state index contributed by atoms with van der Waals surface area (Å²) in [5.41, 5.74) is 12.4. The van der Waals surface area contributed by atoms with Crippen molar-refractivity contribution in [2.24, 2.45) is 28.3 Å². The van der Waals surface area contributed by atoms with Gasteiger partial charge in [-0.1, -0.05) is 6.08 Å². The van der Waals surface area contributed by atoms with Gasteiger partial charge in [-0.3, -0.25) is 4.99 Å². The van der Waals surface area contributed by atoms with Crippen LogP contribution in [0.3, 0.4) is 0 Å². The van der Waals surface area contributed by atoms with E-state index in [0.29, 0.717) is 12.5 Å². The van der Waals surface area contributed by atoms with E-state index < -0.39 is 0 Å². The normalized spacial score (nSPS) is 35.0. The van der Waals surface area contributed by atoms with E-state index in [4.69, 9.17) is 11.5 Å². The molecule has 0 radical (unpaired) electrons. The zero-order chi connectivity index (χ0) is 8.55. The monoisotopic (exact) mass is 165 g/mol. The zero-order valence-corrected chi connectivity index (χ0v) is 7.11. The van der Waals surface area contributed by atoms with Crippen LogP contribution in [-0.4, -0.2) is 18.9 Å². The van der Waals surface area contributed by atoms with E-state index in [1.54, 1.807) is 0 Å². The molecule has 0 aromatic rings. The fraction of sp³-hybridized carbons (Fsp3) is 0.667. The van der Waals surface area contributed by atoms with E-state index >= 15 is 0 Å². The summed E-state index contributed by atoms with van der Waals surface area (Å²) in [6, 6.07) is 0. The summed E-state index contributed by atoms with van der Waals surface area (Å²) < 4.78 is 0. The Labute approximate surface area is 72.5 Å². The van der Waals surface area contributed by atoms with Gasteiger partial charge in [0.2, 0.25) is 0 Å². The minimum atomic E-state index is -0.176. The third-order valence-corrected chi connectivity index (χ3v) is 2.61. The molecule has 66 valence electrons. The number of dihydropyridines is 1. The first-order chi connectivity index (χ1) is 5.81. The van der Waals surface area contributed by atoms with Gasteiger partial charge in [-0.25, -0.2) is 0 Å². The van der Waals surface area contributed by atoms with Crippen molar-refractivity contribution in [3.63, 3.8) is 0 Å². The van der Waals surface area contributed by atoms with Gasteiger partial charge < -0.3 is 11.5 Å². The molecule has 0 spiro atoms. The van der Waals surface area contributed by atoms with E-state index in [-0.39, 0.29) is 6.17 Å². The first-order valence-electron chi connectivity index (χ1n) is 4.51. The lowest BCUT2D eigenvalue weighted by Crippen LogP contribution is -2.29. The molecule has 2 aliphatic rings. The zero-order valence-electron chi connectivity index (χ0n) is 7.11. The molecule has 1 fully saturated rings. The van der Waals surface area contributed by atoms with Crippen LogP contribution < -0.4 is 11.5 Å². The predicted octanol–water partition coefficient (Wildman–Crippen LogP) is 0.267. The standard InChI is InChI=1S/C9H15N3/c10-4-7-3-8(6-1-2-6)5-12-9(7)11/h3,5-6,8-9H,1-2,4,10-11H2. The molecule has 0 aromatic heterocycles. The van der Waals surface area contributed by atoms with Crippen molar-refractivity contribution in [3.05, 3.63) is 11.6 Å². The lowest BCUT2D eigenvalue weighted by atomic mass is 9.98. The third kappa shape index (κ3) is 1.42. The Bertz CT molecular complexity index is 228. The number of rotatable bonds is 2. The molecular weight excluding hydrogens is 150 g/mol. The van der Waals surface area contributed by atoms with Crippen molar-refractivity contribution in [3.8, 4) is 0 Å². The van der Waals surface area contributed by atoms with E-state index in [9.17, 15) is 0 Å². The Morgan fingerprint density at radius 2 is 2.25 bits per heavy atom. The summed E-state index contributed by atoms with van der Waals surface area (Å²) in [6.45, 7) is 0.543. The van der Waals surface area contributed by atoms with Gasteiger partial charge in [-0.2, -0.15) is 0 Å². The number of hydrogen-bond acceptors (Lipinski definition) is 3. The quantitative estimate of drug-likeness (QED) is 0.577. The Hall–Kier alpha value is -0.670. The molecule has 4 N–H and O–H groups in total. The number of hydrogen-bond donors (Lipinski definition) is 2. The van der Waals surface area contributed by atoms with Crippen LogP contribution in [0.4, 0.5) is 0 Å². The van der Waals surface area contributed by atoms with Crippen LogP contribution in [0.1, 0.15) is 12.8 Å². The smallest absolute Gasteiger partial charge is 0.119 e. The highest BCUT2D eigenvalue weighted by Gasteiger charge is 2.30. The van der Waals surface area contributed by atoms with Crippen molar-refractivity contribution in [1.29, 1.82) is 0 Å². The molecule has 2 rings (SSSR count). The van der Waals surface area contributed by atoms with Gasteiger partial charge in [-0.05, 0) is 24.3 Å². The van der Waals surface area contributed by atoms with Crippen LogP contribution in [0.2, 0.25) is 0 Å². The summed E-state index contributed by atoms with van der Waals surface area (Å²) >= 11 is 0. The van der Waals surface area contributed by atoms with E-state index in [1.165, 1.54) is 12.8 Å². The summed E-state index contributed by atoms with van der Waals surface area (Å²) in [6.07, 6.45) is 6.68. The van der Waals surface area contributed by atoms with Crippen LogP contribution in [0.5, 0.6) is 0 Å². The summed E-state index contributed by atoms with van der Waals surface area (Å²) in [5, 5.41) is 0. The molecular formula is C9H15N3. The molecule has 0 amide bonds. The topological polar surface area (TPSA) is 64.4 Å². The summed E-state index contributed by atoms with van der Waals surface area (Å²) in [7, 11) is 0.